The van der Waals surface area contributed by atoms with Crippen LogP contribution in [0, 0.1) is 0 Å². The van der Waals surface area contributed by atoms with E-state index in [1.54, 1.807) is 12.4 Å². The SMILES string of the molecule is CCCOc1cncc(N(C)CCN2CCNCC2)n1. The maximum absolute atomic E-state index is 5.52. The highest BCUT2D eigenvalue weighted by Gasteiger charge is 2.11. The fourth-order valence-electron chi connectivity index (χ4n) is 2.14. The Morgan fingerprint density at radius 3 is 2.90 bits per heavy atom. The summed E-state index contributed by atoms with van der Waals surface area (Å²) >= 11 is 0. The molecule has 0 unspecified atom stereocenters. The van der Waals surface area contributed by atoms with Crippen molar-refractivity contribution in [1.29, 1.82) is 0 Å². The largest absolute Gasteiger partial charge is 0.477 e. The topological polar surface area (TPSA) is 53.5 Å². The third kappa shape index (κ3) is 4.61. The molecule has 20 heavy (non-hydrogen) atoms. The second kappa shape index (κ2) is 8.01. The Balaban J connectivity index is 1.82. The predicted octanol–water partition coefficient (Wildman–Crippen LogP) is 0.607. The standard InChI is InChI=1S/C14H25N5O/c1-3-10-20-14-12-16-11-13(17-14)18(2)8-9-19-6-4-15-5-7-19/h11-12,15H,3-10H2,1-2H3. The summed E-state index contributed by atoms with van der Waals surface area (Å²) < 4.78 is 5.52. The smallest absolute Gasteiger partial charge is 0.234 e. The van der Waals surface area contributed by atoms with Gasteiger partial charge in [0.15, 0.2) is 5.82 Å². The highest BCUT2D eigenvalue weighted by Crippen LogP contribution is 2.12. The van der Waals surface area contributed by atoms with Gasteiger partial charge in [0.2, 0.25) is 5.88 Å². The van der Waals surface area contributed by atoms with Gasteiger partial charge >= 0.3 is 0 Å². The number of aromatic nitrogens is 2. The van der Waals surface area contributed by atoms with E-state index in [1.165, 1.54) is 0 Å². The predicted molar refractivity (Wildman–Crippen MR) is 80.4 cm³/mol. The van der Waals surface area contributed by atoms with Crippen molar-refractivity contribution in [2.75, 3.05) is 57.8 Å². The first-order valence-corrected chi connectivity index (χ1v) is 7.38. The summed E-state index contributed by atoms with van der Waals surface area (Å²) in [4.78, 5) is 13.3. The van der Waals surface area contributed by atoms with Gasteiger partial charge in [-0.1, -0.05) is 6.92 Å². The van der Waals surface area contributed by atoms with Gasteiger partial charge in [-0.3, -0.25) is 9.88 Å². The maximum Gasteiger partial charge on any atom is 0.234 e. The summed E-state index contributed by atoms with van der Waals surface area (Å²) in [6.45, 7) is 9.19. The lowest BCUT2D eigenvalue weighted by molar-refractivity contribution is 0.246. The Labute approximate surface area is 121 Å². The van der Waals surface area contributed by atoms with Crippen molar-refractivity contribution >= 4 is 5.82 Å². The molecule has 0 radical (unpaired) electrons. The first-order chi connectivity index (χ1) is 9.79. The summed E-state index contributed by atoms with van der Waals surface area (Å²) in [6, 6.07) is 0. The van der Waals surface area contributed by atoms with Crippen LogP contribution >= 0.6 is 0 Å². The van der Waals surface area contributed by atoms with Crippen LogP contribution in [0.2, 0.25) is 0 Å². The summed E-state index contributed by atoms with van der Waals surface area (Å²) in [6.07, 6.45) is 4.44. The third-order valence-electron chi connectivity index (χ3n) is 3.41. The molecule has 2 rings (SSSR count). The van der Waals surface area contributed by atoms with Crippen molar-refractivity contribution < 1.29 is 4.74 Å². The minimum absolute atomic E-state index is 0.610. The molecule has 1 saturated heterocycles. The zero-order valence-electron chi connectivity index (χ0n) is 12.5. The summed E-state index contributed by atoms with van der Waals surface area (Å²) in [5.41, 5.74) is 0. The molecule has 0 atom stereocenters. The first-order valence-electron chi connectivity index (χ1n) is 7.38. The minimum Gasteiger partial charge on any atom is -0.477 e. The zero-order valence-corrected chi connectivity index (χ0v) is 12.5. The van der Waals surface area contributed by atoms with E-state index in [0.717, 1.165) is 51.5 Å². The number of rotatable bonds is 7. The number of hydrogen-bond donors (Lipinski definition) is 1. The van der Waals surface area contributed by atoms with Crippen LogP contribution in [0.1, 0.15) is 13.3 Å². The molecule has 0 spiro atoms. The van der Waals surface area contributed by atoms with E-state index in [0.29, 0.717) is 12.5 Å². The van der Waals surface area contributed by atoms with Crippen LogP contribution < -0.4 is 15.0 Å². The number of nitrogens with one attached hydrogen (secondary N) is 1. The van der Waals surface area contributed by atoms with Crippen molar-refractivity contribution in [2.45, 2.75) is 13.3 Å². The normalized spacial score (nSPS) is 16.1. The van der Waals surface area contributed by atoms with Gasteiger partial charge in [-0.25, -0.2) is 0 Å². The molecule has 2 heterocycles. The van der Waals surface area contributed by atoms with E-state index in [2.05, 4.69) is 39.1 Å². The number of hydrogen-bond acceptors (Lipinski definition) is 6. The summed E-state index contributed by atoms with van der Waals surface area (Å²) in [5, 5.41) is 3.37. The number of ether oxygens (including phenoxy) is 1. The summed E-state index contributed by atoms with van der Waals surface area (Å²) in [5.74, 6) is 1.48. The number of likely N-dealkylation sites (N-methyl/N-ethyl adjacent to an activating group) is 1. The molecule has 1 aliphatic rings. The molecule has 112 valence electrons. The Morgan fingerprint density at radius 2 is 2.15 bits per heavy atom. The minimum atomic E-state index is 0.610. The highest BCUT2D eigenvalue weighted by atomic mass is 16.5. The second-order valence-electron chi connectivity index (χ2n) is 5.08. The van der Waals surface area contributed by atoms with Gasteiger partial charge in [0.05, 0.1) is 19.0 Å². The van der Waals surface area contributed by atoms with E-state index in [-0.39, 0.29) is 0 Å². The van der Waals surface area contributed by atoms with Crippen LogP contribution in [0.3, 0.4) is 0 Å². The first kappa shape index (κ1) is 15.0. The number of nitrogens with zero attached hydrogens (tertiary/aromatic N) is 4. The molecule has 6 heteroatoms. The lowest BCUT2D eigenvalue weighted by Gasteiger charge is -2.29. The molecular formula is C14H25N5O. The molecule has 1 aliphatic heterocycles. The second-order valence-corrected chi connectivity index (χ2v) is 5.08. The molecule has 0 saturated carbocycles. The van der Waals surface area contributed by atoms with Gasteiger partial charge in [0, 0.05) is 46.3 Å². The zero-order chi connectivity index (χ0) is 14.2. The van der Waals surface area contributed by atoms with E-state index in [9.17, 15) is 0 Å². The Kier molecular flexibility index (Phi) is 6.01. The van der Waals surface area contributed by atoms with Gasteiger partial charge in [0.1, 0.15) is 0 Å². The molecule has 0 aliphatic carbocycles. The van der Waals surface area contributed by atoms with Crippen molar-refractivity contribution in [2.24, 2.45) is 0 Å². The maximum atomic E-state index is 5.52. The Hall–Kier alpha value is -1.40. The van der Waals surface area contributed by atoms with Crippen LogP contribution in [-0.4, -0.2) is 67.8 Å². The molecular weight excluding hydrogens is 254 g/mol. The van der Waals surface area contributed by atoms with Crippen molar-refractivity contribution in [3.05, 3.63) is 12.4 Å². The van der Waals surface area contributed by atoms with Gasteiger partial charge in [0.25, 0.3) is 0 Å². The lowest BCUT2D eigenvalue weighted by atomic mass is 10.3. The van der Waals surface area contributed by atoms with Gasteiger partial charge < -0.3 is 15.0 Å². The van der Waals surface area contributed by atoms with Crippen LogP contribution in [0.15, 0.2) is 12.4 Å². The van der Waals surface area contributed by atoms with Gasteiger partial charge in [-0.15, -0.1) is 0 Å². The number of anilines is 1. The monoisotopic (exact) mass is 279 g/mol. The molecule has 6 nitrogen and oxygen atoms in total. The molecule has 0 amide bonds. The van der Waals surface area contributed by atoms with Crippen LogP contribution in [0.4, 0.5) is 5.82 Å². The average Bonchev–Trinajstić information content (AvgIpc) is 2.52. The quantitative estimate of drug-likeness (QED) is 0.789. The Bertz CT molecular complexity index is 395. The van der Waals surface area contributed by atoms with Gasteiger partial charge in [-0.05, 0) is 6.42 Å². The molecule has 1 fully saturated rings. The molecule has 0 aromatic carbocycles. The van der Waals surface area contributed by atoms with E-state index in [4.69, 9.17) is 4.74 Å². The van der Waals surface area contributed by atoms with E-state index < -0.39 is 0 Å². The Morgan fingerprint density at radius 1 is 1.35 bits per heavy atom. The van der Waals surface area contributed by atoms with Crippen molar-refractivity contribution in [1.82, 2.24) is 20.2 Å². The highest BCUT2D eigenvalue weighted by molar-refractivity contribution is 5.36. The third-order valence-corrected chi connectivity index (χ3v) is 3.41. The van der Waals surface area contributed by atoms with Crippen molar-refractivity contribution in [3.8, 4) is 5.88 Å². The average molecular weight is 279 g/mol. The van der Waals surface area contributed by atoms with Crippen molar-refractivity contribution in [3.63, 3.8) is 0 Å². The molecule has 1 aromatic heterocycles. The van der Waals surface area contributed by atoms with Crippen LogP contribution in [0.5, 0.6) is 5.88 Å². The van der Waals surface area contributed by atoms with E-state index >= 15 is 0 Å². The number of piperazine rings is 1. The fraction of sp³-hybridized carbons (Fsp3) is 0.714. The van der Waals surface area contributed by atoms with Crippen LogP contribution in [0.25, 0.3) is 0 Å². The molecule has 1 N–H and O–H groups in total. The fourth-order valence-corrected chi connectivity index (χ4v) is 2.14. The molecule has 1 aromatic rings. The van der Waals surface area contributed by atoms with E-state index in [1.807, 2.05) is 0 Å². The van der Waals surface area contributed by atoms with Crippen LogP contribution in [-0.2, 0) is 0 Å². The molecule has 0 bridgehead atoms. The summed E-state index contributed by atoms with van der Waals surface area (Å²) in [7, 11) is 2.05. The lowest BCUT2D eigenvalue weighted by Crippen LogP contribution is -2.46. The van der Waals surface area contributed by atoms with Gasteiger partial charge in [-0.2, -0.15) is 4.98 Å².